The number of carbonyl (C=O) groups excluding carboxylic acids is 1. The van der Waals surface area contributed by atoms with E-state index in [-0.39, 0.29) is 5.91 Å². The lowest BCUT2D eigenvalue weighted by molar-refractivity contribution is 0.0755. The molecule has 16 heavy (non-hydrogen) atoms. The van der Waals surface area contributed by atoms with Gasteiger partial charge in [-0.05, 0) is 23.8 Å². The molecule has 0 unspecified atom stereocenters. The van der Waals surface area contributed by atoms with Crippen LogP contribution in [0.4, 0.5) is 0 Å². The third kappa shape index (κ3) is 1.41. The van der Waals surface area contributed by atoms with Gasteiger partial charge in [-0.25, -0.2) is 0 Å². The summed E-state index contributed by atoms with van der Waals surface area (Å²) < 4.78 is 5.25. The molecule has 0 fully saturated rings. The maximum atomic E-state index is 12.0. The molecule has 0 saturated heterocycles. The number of hydrogen-bond acceptors (Lipinski definition) is 2. The summed E-state index contributed by atoms with van der Waals surface area (Å²) in [7, 11) is 0. The zero-order chi connectivity index (χ0) is 11.0. The van der Waals surface area contributed by atoms with E-state index in [0.717, 1.165) is 16.9 Å². The van der Waals surface area contributed by atoms with E-state index in [2.05, 4.69) is 0 Å². The predicted octanol–water partition coefficient (Wildman–Crippen LogP) is 2.44. The largest absolute Gasteiger partial charge is 0.467 e. The van der Waals surface area contributed by atoms with Crippen molar-refractivity contribution >= 4 is 5.91 Å². The Morgan fingerprint density at radius 3 is 2.81 bits per heavy atom. The highest BCUT2D eigenvalue weighted by molar-refractivity contribution is 5.98. The van der Waals surface area contributed by atoms with Crippen LogP contribution in [0.1, 0.15) is 21.7 Å². The molecule has 1 aromatic carbocycles. The van der Waals surface area contributed by atoms with Gasteiger partial charge in [0, 0.05) is 12.1 Å². The van der Waals surface area contributed by atoms with Gasteiger partial charge >= 0.3 is 0 Å². The highest BCUT2D eigenvalue weighted by Crippen LogP contribution is 2.23. The van der Waals surface area contributed by atoms with Crippen molar-refractivity contribution in [3.63, 3.8) is 0 Å². The fourth-order valence-electron chi connectivity index (χ4n) is 2.03. The molecular weight excluding hydrogens is 202 g/mol. The smallest absolute Gasteiger partial charge is 0.254 e. The molecule has 3 rings (SSSR count). The summed E-state index contributed by atoms with van der Waals surface area (Å²) in [4.78, 5) is 13.8. The van der Waals surface area contributed by atoms with Crippen molar-refractivity contribution in [2.75, 3.05) is 0 Å². The van der Waals surface area contributed by atoms with Crippen molar-refractivity contribution in [1.29, 1.82) is 0 Å². The van der Waals surface area contributed by atoms with E-state index in [4.69, 9.17) is 4.42 Å². The molecule has 0 N–H and O–H groups in total. The number of fused-ring (bicyclic) bond motifs is 1. The van der Waals surface area contributed by atoms with Crippen molar-refractivity contribution in [3.05, 3.63) is 59.5 Å². The van der Waals surface area contributed by atoms with Crippen molar-refractivity contribution in [3.8, 4) is 0 Å². The van der Waals surface area contributed by atoms with Crippen molar-refractivity contribution in [2.45, 2.75) is 13.1 Å². The minimum absolute atomic E-state index is 0.0898. The Balaban J connectivity index is 1.85. The number of carbonyl (C=O) groups is 1. The average Bonchev–Trinajstić information content (AvgIpc) is 2.90. The maximum Gasteiger partial charge on any atom is 0.254 e. The topological polar surface area (TPSA) is 33.5 Å². The zero-order valence-electron chi connectivity index (χ0n) is 8.72. The van der Waals surface area contributed by atoms with Crippen LogP contribution >= 0.6 is 0 Å². The lowest BCUT2D eigenvalue weighted by Crippen LogP contribution is -2.22. The lowest BCUT2D eigenvalue weighted by atomic mass is 10.1. The minimum atomic E-state index is 0.0898. The van der Waals surface area contributed by atoms with E-state index < -0.39 is 0 Å². The van der Waals surface area contributed by atoms with Gasteiger partial charge in [0.05, 0.1) is 12.8 Å². The van der Waals surface area contributed by atoms with E-state index in [1.165, 1.54) is 0 Å². The molecule has 1 aliphatic rings. The Morgan fingerprint density at radius 2 is 2.06 bits per heavy atom. The summed E-state index contributed by atoms with van der Waals surface area (Å²) in [6, 6.07) is 11.4. The van der Waals surface area contributed by atoms with Gasteiger partial charge in [0.15, 0.2) is 0 Å². The van der Waals surface area contributed by atoms with Crippen LogP contribution in [0.3, 0.4) is 0 Å². The Morgan fingerprint density at radius 1 is 1.19 bits per heavy atom. The van der Waals surface area contributed by atoms with Gasteiger partial charge in [-0.2, -0.15) is 0 Å². The minimum Gasteiger partial charge on any atom is -0.467 e. The van der Waals surface area contributed by atoms with E-state index in [1.54, 1.807) is 11.2 Å². The van der Waals surface area contributed by atoms with Gasteiger partial charge in [0.25, 0.3) is 5.91 Å². The van der Waals surface area contributed by atoms with Crippen LogP contribution in [0, 0.1) is 0 Å². The highest BCUT2D eigenvalue weighted by atomic mass is 16.3. The van der Waals surface area contributed by atoms with Crippen molar-refractivity contribution in [1.82, 2.24) is 4.90 Å². The molecule has 3 heteroatoms. The summed E-state index contributed by atoms with van der Waals surface area (Å²) in [6.07, 6.45) is 1.63. The standard InChI is InChI=1S/C13H11NO2/c15-13-12-6-2-1-4-10(12)8-14(13)9-11-5-3-7-16-11/h1-7H,8-9H2. The van der Waals surface area contributed by atoms with E-state index in [0.29, 0.717) is 13.1 Å². The monoisotopic (exact) mass is 213 g/mol. The molecule has 1 amide bonds. The van der Waals surface area contributed by atoms with E-state index in [1.807, 2.05) is 36.4 Å². The fraction of sp³-hybridized carbons (Fsp3) is 0.154. The second-order valence-electron chi connectivity index (χ2n) is 3.90. The van der Waals surface area contributed by atoms with Gasteiger partial charge in [-0.15, -0.1) is 0 Å². The fourth-order valence-corrected chi connectivity index (χ4v) is 2.03. The third-order valence-corrected chi connectivity index (χ3v) is 2.82. The molecule has 0 aliphatic carbocycles. The number of amides is 1. The Bertz CT molecular complexity index is 514. The van der Waals surface area contributed by atoms with Gasteiger partial charge in [-0.1, -0.05) is 18.2 Å². The first-order chi connectivity index (χ1) is 7.84. The molecular formula is C13H11NO2. The van der Waals surface area contributed by atoms with Crippen LogP contribution in [0.5, 0.6) is 0 Å². The van der Waals surface area contributed by atoms with Crippen molar-refractivity contribution in [2.24, 2.45) is 0 Å². The Hall–Kier alpha value is -2.03. The van der Waals surface area contributed by atoms with Gasteiger partial charge < -0.3 is 9.32 Å². The quantitative estimate of drug-likeness (QED) is 0.767. The van der Waals surface area contributed by atoms with Crippen LogP contribution in [0.2, 0.25) is 0 Å². The predicted molar refractivity (Wildman–Crippen MR) is 58.7 cm³/mol. The van der Waals surface area contributed by atoms with Crippen LogP contribution in [-0.2, 0) is 13.1 Å². The molecule has 3 nitrogen and oxygen atoms in total. The zero-order valence-corrected chi connectivity index (χ0v) is 8.72. The lowest BCUT2D eigenvalue weighted by Gasteiger charge is -2.13. The van der Waals surface area contributed by atoms with E-state index >= 15 is 0 Å². The Kier molecular flexibility index (Phi) is 2.03. The molecule has 2 aromatic rings. The van der Waals surface area contributed by atoms with Crippen LogP contribution in [-0.4, -0.2) is 10.8 Å². The number of nitrogens with zero attached hydrogens (tertiary/aromatic N) is 1. The number of hydrogen-bond donors (Lipinski definition) is 0. The first-order valence-electron chi connectivity index (χ1n) is 5.24. The molecule has 2 heterocycles. The van der Waals surface area contributed by atoms with E-state index in [9.17, 15) is 4.79 Å². The first-order valence-corrected chi connectivity index (χ1v) is 5.24. The second-order valence-corrected chi connectivity index (χ2v) is 3.90. The normalized spacial score (nSPS) is 14.2. The first kappa shape index (κ1) is 9.21. The molecule has 0 bridgehead atoms. The molecule has 80 valence electrons. The summed E-state index contributed by atoms with van der Waals surface area (Å²) in [5, 5.41) is 0. The summed E-state index contributed by atoms with van der Waals surface area (Å²) in [6.45, 7) is 1.22. The second kappa shape index (κ2) is 3.52. The number of benzene rings is 1. The summed E-state index contributed by atoms with van der Waals surface area (Å²) in [5.74, 6) is 0.910. The van der Waals surface area contributed by atoms with Crippen LogP contribution < -0.4 is 0 Å². The summed E-state index contributed by atoms with van der Waals surface area (Å²) in [5.41, 5.74) is 1.91. The SMILES string of the molecule is O=C1c2ccccc2CN1Cc1ccco1. The molecule has 0 radical (unpaired) electrons. The number of rotatable bonds is 2. The number of furan rings is 1. The molecule has 1 aromatic heterocycles. The molecule has 0 atom stereocenters. The van der Waals surface area contributed by atoms with Gasteiger partial charge in [0.2, 0.25) is 0 Å². The van der Waals surface area contributed by atoms with Crippen LogP contribution in [0.25, 0.3) is 0 Å². The summed E-state index contributed by atoms with van der Waals surface area (Å²) >= 11 is 0. The third-order valence-electron chi connectivity index (χ3n) is 2.82. The molecule has 1 aliphatic heterocycles. The highest BCUT2D eigenvalue weighted by Gasteiger charge is 2.26. The molecule has 0 spiro atoms. The van der Waals surface area contributed by atoms with Crippen LogP contribution in [0.15, 0.2) is 47.1 Å². The van der Waals surface area contributed by atoms with Crippen molar-refractivity contribution < 1.29 is 9.21 Å². The average molecular weight is 213 g/mol. The van der Waals surface area contributed by atoms with Gasteiger partial charge in [-0.3, -0.25) is 4.79 Å². The van der Waals surface area contributed by atoms with Gasteiger partial charge in [0.1, 0.15) is 5.76 Å². The molecule has 0 saturated carbocycles. The maximum absolute atomic E-state index is 12.0. The Labute approximate surface area is 93.3 Å².